The van der Waals surface area contributed by atoms with Gasteiger partial charge in [-0.25, -0.2) is 0 Å². The van der Waals surface area contributed by atoms with Crippen molar-refractivity contribution < 1.29 is 0 Å². The fraction of sp³-hybridized carbons (Fsp3) is 1.00. The van der Waals surface area contributed by atoms with Gasteiger partial charge in [0, 0.05) is 25.2 Å². The molecule has 2 nitrogen and oxygen atoms in total. The highest BCUT2D eigenvalue weighted by Gasteiger charge is 2.27. The lowest BCUT2D eigenvalue weighted by Gasteiger charge is -2.41. The molecule has 0 aromatic heterocycles. The van der Waals surface area contributed by atoms with Gasteiger partial charge in [0.2, 0.25) is 0 Å². The molecule has 0 amide bonds. The molecule has 1 fully saturated rings. The first-order chi connectivity index (χ1) is 6.69. The summed E-state index contributed by atoms with van der Waals surface area (Å²) < 4.78 is 0. The second kappa shape index (κ2) is 5.72. The smallest absolute Gasteiger partial charge is 0.0221 e. The topological polar surface area (TPSA) is 29.3 Å². The molecule has 14 heavy (non-hydrogen) atoms. The molecule has 1 rings (SSSR count). The van der Waals surface area contributed by atoms with Gasteiger partial charge in [-0.1, -0.05) is 20.3 Å². The Hall–Kier alpha value is -0.0800. The lowest BCUT2D eigenvalue weighted by atomic mass is 9.92. The van der Waals surface area contributed by atoms with Crippen LogP contribution in [-0.4, -0.2) is 30.1 Å². The molecule has 0 bridgehead atoms. The summed E-state index contributed by atoms with van der Waals surface area (Å²) in [6.45, 7) is 9.04. The van der Waals surface area contributed by atoms with Crippen molar-refractivity contribution in [2.75, 3.05) is 13.1 Å². The third-order valence-corrected chi connectivity index (χ3v) is 3.53. The number of piperidine rings is 1. The van der Waals surface area contributed by atoms with Crippen LogP contribution >= 0.6 is 0 Å². The molecular formula is C12H26N2. The maximum absolute atomic E-state index is 5.86. The number of rotatable bonds is 4. The number of nitrogens with zero attached hydrogens (tertiary/aromatic N) is 1. The molecule has 0 aromatic carbocycles. The highest BCUT2D eigenvalue weighted by atomic mass is 15.2. The lowest BCUT2D eigenvalue weighted by molar-refractivity contribution is 0.0755. The van der Waals surface area contributed by atoms with Crippen LogP contribution in [0.1, 0.15) is 46.5 Å². The number of likely N-dealkylation sites (tertiary alicyclic amines) is 1. The van der Waals surface area contributed by atoms with Crippen LogP contribution in [0.25, 0.3) is 0 Å². The molecule has 0 aromatic rings. The third-order valence-electron chi connectivity index (χ3n) is 3.53. The molecule has 2 N–H and O–H groups in total. The minimum absolute atomic E-state index is 0.623. The Morgan fingerprint density at radius 1 is 1.36 bits per heavy atom. The minimum atomic E-state index is 0.623. The van der Waals surface area contributed by atoms with Crippen LogP contribution in [0.2, 0.25) is 0 Å². The van der Waals surface area contributed by atoms with Crippen LogP contribution in [0.5, 0.6) is 0 Å². The van der Waals surface area contributed by atoms with Crippen LogP contribution in [0, 0.1) is 5.92 Å². The number of hydrogen-bond acceptors (Lipinski definition) is 2. The van der Waals surface area contributed by atoms with Crippen molar-refractivity contribution >= 4 is 0 Å². The van der Waals surface area contributed by atoms with Gasteiger partial charge in [0.15, 0.2) is 0 Å². The number of nitrogens with two attached hydrogens (primary N) is 1. The summed E-state index contributed by atoms with van der Waals surface area (Å²) in [6.07, 6.45) is 5.25. The lowest BCUT2D eigenvalue weighted by Crippen LogP contribution is -2.50. The van der Waals surface area contributed by atoms with E-state index in [1.54, 1.807) is 0 Å². The standard InChI is InChI=1S/C12H26N2/c1-4-5-12(8-13)14-9-10(2)6-7-11(14)3/h10-12H,4-9,13H2,1-3H3. The first kappa shape index (κ1) is 12.0. The molecule has 0 radical (unpaired) electrons. The maximum Gasteiger partial charge on any atom is 0.0221 e. The van der Waals surface area contributed by atoms with Crippen LogP contribution in [0.15, 0.2) is 0 Å². The van der Waals surface area contributed by atoms with E-state index in [-0.39, 0.29) is 0 Å². The zero-order chi connectivity index (χ0) is 10.6. The van der Waals surface area contributed by atoms with Gasteiger partial charge in [-0.3, -0.25) is 4.90 Å². The largest absolute Gasteiger partial charge is 0.329 e. The monoisotopic (exact) mass is 198 g/mol. The summed E-state index contributed by atoms with van der Waals surface area (Å²) in [5.41, 5.74) is 5.86. The summed E-state index contributed by atoms with van der Waals surface area (Å²) in [7, 11) is 0. The van der Waals surface area contributed by atoms with Crippen LogP contribution in [-0.2, 0) is 0 Å². The summed E-state index contributed by atoms with van der Waals surface area (Å²) in [4.78, 5) is 2.64. The van der Waals surface area contributed by atoms with Gasteiger partial charge in [-0.15, -0.1) is 0 Å². The quantitative estimate of drug-likeness (QED) is 0.750. The Morgan fingerprint density at radius 3 is 2.64 bits per heavy atom. The highest BCUT2D eigenvalue weighted by molar-refractivity contribution is 4.83. The van der Waals surface area contributed by atoms with Crippen molar-refractivity contribution in [2.24, 2.45) is 11.7 Å². The first-order valence-corrected chi connectivity index (χ1v) is 6.14. The Bertz CT molecular complexity index is 158. The van der Waals surface area contributed by atoms with Crippen molar-refractivity contribution in [3.8, 4) is 0 Å². The van der Waals surface area contributed by atoms with Crippen molar-refractivity contribution in [1.82, 2.24) is 4.90 Å². The highest BCUT2D eigenvalue weighted by Crippen LogP contribution is 2.24. The fourth-order valence-corrected chi connectivity index (χ4v) is 2.58. The van der Waals surface area contributed by atoms with Crippen molar-refractivity contribution in [1.29, 1.82) is 0 Å². The molecule has 1 aliphatic rings. The van der Waals surface area contributed by atoms with Crippen LogP contribution in [0.3, 0.4) is 0 Å². The normalized spacial score (nSPS) is 31.7. The van der Waals surface area contributed by atoms with E-state index < -0.39 is 0 Å². The Kier molecular flexibility index (Phi) is 4.90. The van der Waals surface area contributed by atoms with Gasteiger partial charge in [0.1, 0.15) is 0 Å². The fourth-order valence-electron chi connectivity index (χ4n) is 2.58. The van der Waals surface area contributed by atoms with Crippen LogP contribution in [0.4, 0.5) is 0 Å². The zero-order valence-electron chi connectivity index (χ0n) is 10.00. The number of hydrogen-bond donors (Lipinski definition) is 1. The van der Waals surface area contributed by atoms with Gasteiger partial charge >= 0.3 is 0 Å². The van der Waals surface area contributed by atoms with E-state index in [9.17, 15) is 0 Å². The molecule has 0 aliphatic carbocycles. The SMILES string of the molecule is CCCC(CN)N1CC(C)CCC1C. The summed E-state index contributed by atoms with van der Waals surface area (Å²) >= 11 is 0. The second-order valence-electron chi connectivity index (χ2n) is 4.91. The molecule has 3 unspecified atom stereocenters. The van der Waals surface area contributed by atoms with E-state index in [1.165, 1.54) is 32.2 Å². The van der Waals surface area contributed by atoms with Gasteiger partial charge in [0.05, 0.1) is 0 Å². The van der Waals surface area contributed by atoms with E-state index in [1.807, 2.05) is 0 Å². The van der Waals surface area contributed by atoms with Gasteiger partial charge in [-0.05, 0) is 32.1 Å². The van der Waals surface area contributed by atoms with E-state index in [0.717, 1.165) is 18.5 Å². The van der Waals surface area contributed by atoms with E-state index in [0.29, 0.717) is 6.04 Å². The average Bonchev–Trinajstić information content (AvgIpc) is 2.18. The van der Waals surface area contributed by atoms with Crippen molar-refractivity contribution in [2.45, 2.75) is 58.5 Å². The minimum Gasteiger partial charge on any atom is -0.329 e. The summed E-state index contributed by atoms with van der Waals surface area (Å²) in [5, 5.41) is 0. The molecule has 0 spiro atoms. The summed E-state index contributed by atoms with van der Waals surface area (Å²) in [5.74, 6) is 0.858. The second-order valence-corrected chi connectivity index (χ2v) is 4.91. The first-order valence-electron chi connectivity index (χ1n) is 6.14. The molecule has 0 saturated carbocycles. The summed E-state index contributed by atoms with van der Waals surface area (Å²) in [6, 6.07) is 1.36. The molecule has 2 heteroatoms. The van der Waals surface area contributed by atoms with Crippen molar-refractivity contribution in [3.05, 3.63) is 0 Å². The third kappa shape index (κ3) is 2.96. The molecule has 1 saturated heterocycles. The Morgan fingerprint density at radius 2 is 2.07 bits per heavy atom. The average molecular weight is 198 g/mol. The van der Waals surface area contributed by atoms with E-state index >= 15 is 0 Å². The Balaban J connectivity index is 2.52. The van der Waals surface area contributed by atoms with E-state index in [4.69, 9.17) is 5.73 Å². The molecular weight excluding hydrogens is 172 g/mol. The van der Waals surface area contributed by atoms with E-state index in [2.05, 4.69) is 25.7 Å². The zero-order valence-corrected chi connectivity index (χ0v) is 10.00. The van der Waals surface area contributed by atoms with Crippen LogP contribution < -0.4 is 5.73 Å². The Labute approximate surface area is 88.8 Å². The molecule has 1 aliphatic heterocycles. The van der Waals surface area contributed by atoms with Gasteiger partial charge in [0.25, 0.3) is 0 Å². The predicted octanol–water partition coefficient (Wildman–Crippen LogP) is 2.23. The predicted molar refractivity (Wildman–Crippen MR) is 62.3 cm³/mol. The maximum atomic E-state index is 5.86. The van der Waals surface area contributed by atoms with Gasteiger partial charge < -0.3 is 5.73 Å². The molecule has 3 atom stereocenters. The molecule has 84 valence electrons. The van der Waals surface area contributed by atoms with Gasteiger partial charge in [-0.2, -0.15) is 0 Å². The van der Waals surface area contributed by atoms with Crippen molar-refractivity contribution in [3.63, 3.8) is 0 Å². The molecule has 1 heterocycles.